The Morgan fingerprint density at radius 1 is 0.765 bits per heavy atom. The van der Waals surface area contributed by atoms with Gasteiger partial charge in [-0.3, -0.25) is 9.59 Å². The van der Waals surface area contributed by atoms with E-state index in [1.54, 1.807) is 0 Å². The zero-order valence-corrected chi connectivity index (χ0v) is 20.3. The molecule has 1 aliphatic rings. The highest BCUT2D eigenvalue weighted by Crippen LogP contribution is 2.34. The van der Waals surface area contributed by atoms with Gasteiger partial charge in [-0.1, -0.05) is 48.9 Å². The molecule has 5 nitrogen and oxygen atoms in total. The number of benzene rings is 3. The summed E-state index contributed by atoms with van der Waals surface area (Å²) in [5.74, 6) is -0.673. The van der Waals surface area contributed by atoms with Gasteiger partial charge in [0, 0.05) is 24.5 Å². The fourth-order valence-electron chi connectivity index (χ4n) is 4.24. The van der Waals surface area contributed by atoms with Crippen molar-refractivity contribution in [1.29, 1.82) is 0 Å². The van der Waals surface area contributed by atoms with Gasteiger partial charge >= 0.3 is 0 Å². The van der Waals surface area contributed by atoms with Crippen molar-refractivity contribution >= 4 is 34.4 Å². The van der Waals surface area contributed by atoms with Crippen LogP contribution in [0.3, 0.4) is 0 Å². The van der Waals surface area contributed by atoms with Gasteiger partial charge in [0.15, 0.2) is 0 Å². The van der Waals surface area contributed by atoms with Gasteiger partial charge in [-0.25, -0.2) is 4.90 Å². The van der Waals surface area contributed by atoms with Crippen LogP contribution in [0.4, 0.5) is 17.1 Å². The maximum absolute atomic E-state index is 13.6. The van der Waals surface area contributed by atoms with Crippen molar-refractivity contribution in [2.45, 2.75) is 34.1 Å². The van der Waals surface area contributed by atoms with Crippen molar-refractivity contribution < 1.29 is 9.59 Å². The second-order valence-electron chi connectivity index (χ2n) is 8.43. The Hall–Kier alpha value is -3.86. The van der Waals surface area contributed by atoms with Gasteiger partial charge in [0.2, 0.25) is 0 Å². The minimum absolute atomic E-state index is 0.297. The molecule has 0 spiro atoms. The van der Waals surface area contributed by atoms with E-state index >= 15 is 0 Å². The molecule has 3 aromatic carbocycles. The van der Waals surface area contributed by atoms with E-state index in [1.165, 1.54) is 10.5 Å². The van der Waals surface area contributed by atoms with E-state index in [9.17, 15) is 9.59 Å². The summed E-state index contributed by atoms with van der Waals surface area (Å²) in [4.78, 5) is 30.7. The molecule has 0 saturated carbocycles. The molecule has 0 saturated heterocycles. The summed E-state index contributed by atoms with van der Waals surface area (Å²) in [5.41, 5.74) is 6.11. The Morgan fingerprint density at radius 2 is 1.38 bits per heavy atom. The molecular formula is C29H31N3O2. The fourth-order valence-corrected chi connectivity index (χ4v) is 4.24. The summed E-state index contributed by atoms with van der Waals surface area (Å²) in [6.07, 6.45) is 0.937. The second kappa shape index (κ2) is 9.96. The molecule has 1 aliphatic heterocycles. The van der Waals surface area contributed by atoms with Crippen LogP contribution in [0, 0.1) is 6.92 Å². The Labute approximate surface area is 201 Å². The van der Waals surface area contributed by atoms with Crippen LogP contribution in [0.5, 0.6) is 0 Å². The Balaban J connectivity index is 1.73. The number of carbonyl (C=O) groups excluding carboxylic acids is 2. The van der Waals surface area contributed by atoms with E-state index in [0.717, 1.165) is 42.0 Å². The van der Waals surface area contributed by atoms with Crippen LogP contribution in [0.2, 0.25) is 0 Å². The minimum atomic E-state index is -0.351. The molecule has 0 unspecified atom stereocenters. The van der Waals surface area contributed by atoms with E-state index in [1.807, 2.05) is 79.7 Å². The summed E-state index contributed by atoms with van der Waals surface area (Å²) in [6.45, 7) is 10.1. The number of amides is 2. The SMILES string of the molecule is CCc1ccc(NC2=C(c3ccc(C)cc3)C(=O)N(c3ccc(N(CC)CC)cc3)C2=O)cc1. The van der Waals surface area contributed by atoms with Crippen LogP contribution >= 0.6 is 0 Å². The molecule has 0 aliphatic carbocycles. The molecule has 2 amide bonds. The van der Waals surface area contributed by atoms with E-state index in [2.05, 4.69) is 31.0 Å². The zero-order chi connectivity index (χ0) is 24.2. The van der Waals surface area contributed by atoms with Gasteiger partial charge in [-0.05, 0) is 74.7 Å². The standard InChI is InChI=1S/C29H31N3O2/c1-5-21-10-14-23(15-11-21)30-27-26(22-12-8-20(4)9-13-22)28(33)32(29(27)34)25-18-16-24(17-19-25)31(6-2)7-3/h8-19,30H,5-7H2,1-4H3. The normalized spacial score (nSPS) is 13.6. The van der Waals surface area contributed by atoms with Crippen LogP contribution in [-0.4, -0.2) is 24.9 Å². The predicted octanol–water partition coefficient (Wildman–Crippen LogP) is 5.80. The number of imide groups is 1. The molecule has 1 N–H and O–H groups in total. The average molecular weight is 454 g/mol. The quantitative estimate of drug-likeness (QED) is 0.438. The molecular weight excluding hydrogens is 422 g/mol. The first-order chi connectivity index (χ1) is 16.5. The summed E-state index contributed by atoms with van der Waals surface area (Å²) in [5, 5.41) is 3.24. The van der Waals surface area contributed by atoms with E-state index in [0.29, 0.717) is 17.0 Å². The van der Waals surface area contributed by atoms with Gasteiger partial charge in [-0.2, -0.15) is 0 Å². The van der Waals surface area contributed by atoms with Gasteiger partial charge in [0.05, 0.1) is 11.3 Å². The number of nitrogens with zero attached hydrogens (tertiary/aromatic N) is 2. The highest BCUT2D eigenvalue weighted by atomic mass is 16.2. The minimum Gasteiger partial charge on any atom is -0.372 e. The number of carbonyl (C=O) groups is 2. The molecule has 1 heterocycles. The lowest BCUT2D eigenvalue weighted by atomic mass is 10.0. The highest BCUT2D eigenvalue weighted by molar-refractivity contribution is 6.46. The summed E-state index contributed by atoms with van der Waals surface area (Å²) in [7, 11) is 0. The maximum Gasteiger partial charge on any atom is 0.282 e. The van der Waals surface area contributed by atoms with Gasteiger partial charge in [0.1, 0.15) is 5.70 Å². The van der Waals surface area contributed by atoms with Gasteiger partial charge < -0.3 is 10.2 Å². The summed E-state index contributed by atoms with van der Waals surface area (Å²) >= 11 is 0. The first-order valence-electron chi connectivity index (χ1n) is 11.9. The molecule has 0 fully saturated rings. The van der Waals surface area contributed by atoms with Crippen molar-refractivity contribution in [1.82, 2.24) is 0 Å². The number of anilines is 3. The second-order valence-corrected chi connectivity index (χ2v) is 8.43. The third-order valence-corrected chi connectivity index (χ3v) is 6.29. The molecule has 5 heteroatoms. The van der Waals surface area contributed by atoms with Gasteiger partial charge in [0.25, 0.3) is 11.8 Å². The Bertz CT molecular complexity index is 1210. The third-order valence-electron chi connectivity index (χ3n) is 6.29. The van der Waals surface area contributed by atoms with Crippen LogP contribution in [0.25, 0.3) is 5.57 Å². The predicted molar refractivity (Wildman–Crippen MR) is 140 cm³/mol. The largest absolute Gasteiger partial charge is 0.372 e. The van der Waals surface area contributed by atoms with Crippen molar-refractivity contribution in [3.05, 3.63) is 95.2 Å². The van der Waals surface area contributed by atoms with E-state index in [4.69, 9.17) is 0 Å². The van der Waals surface area contributed by atoms with Crippen LogP contribution in [-0.2, 0) is 16.0 Å². The van der Waals surface area contributed by atoms with E-state index in [-0.39, 0.29) is 11.8 Å². The van der Waals surface area contributed by atoms with Crippen LogP contribution < -0.4 is 15.1 Å². The molecule has 0 bridgehead atoms. The average Bonchev–Trinajstić information content (AvgIpc) is 3.10. The smallest absolute Gasteiger partial charge is 0.282 e. The molecule has 174 valence electrons. The monoisotopic (exact) mass is 453 g/mol. The number of hydrogen-bond donors (Lipinski definition) is 1. The molecule has 4 rings (SSSR count). The van der Waals surface area contributed by atoms with E-state index < -0.39 is 0 Å². The molecule has 34 heavy (non-hydrogen) atoms. The van der Waals surface area contributed by atoms with Crippen molar-refractivity contribution in [3.8, 4) is 0 Å². The zero-order valence-electron chi connectivity index (χ0n) is 20.3. The maximum atomic E-state index is 13.6. The van der Waals surface area contributed by atoms with Crippen molar-refractivity contribution in [2.24, 2.45) is 0 Å². The van der Waals surface area contributed by atoms with Gasteiger partial charge in [-0.15, -0.1) is 0 Å². The number of hydrogen-bond acceptors (Lipinski definition) is 4. The summed E-state index contributed by atoms with van der Waals surface area (Å²) < 4.78 is 0. The molecule has 0 radical (unpaired) electrons. The molecule has 0 atom stereocenters. The lowest BCUT2D eigenvalue weighted by Crippen LogP contribution is -2.32. The first kappa shape index (κ1) is 23.3. The van der Waals surface area contributed by atoms with Crippen molar-refractivity contribution in [3.63, 3.8) is 0 Å². The molecule has 0 aromatic heterocycles. The Morgan fingerprint density at radius 3 is 1.94 bits per heavy atom. The fraction of sp³-hybridized carbons (Fsp3) is 0.241. The highest BCUT2D eigenvalue weighted by Gasteiger charge is 2.40. The topological polar surface area (TPSA) is 52.7 Å². The lowest BCUT2D eigenvalue weighted by Gasteiger charge is -2.22. The van der Waals surface area contributed by atoms with Crippen LogP contribution in [0.15, 0.2) is 78.5 Å². The number of nitrogens with one attached hydrogen (secondary N) is 1. The Kier molecular flexibility index (Phi) is 6.82. The first-order valence-corrected chi connectivity index (χ1v) is 11.9. The lowest BCUT2D eigenvalue weighted by molar-refractivity contribution is -0.120. The molecule has 3 aromatic rings. The summed E-state index contributed by atoms with van der Waals surface area (Å²) in [6, 6.07) is 23.2. The third kappa shape index (κ3) is 4.46. The van der Waals surface area contributed by atoms with Crippen molar-refractivity contribution in [2.75, 3.05) is 28.2 Å². The van der Waals surface area contributed by atoms with Crippen LogP contribution in [0.1, 0.15) is 37.5 Å². The number of rotatable bonds is 8. The number of aryl methyl sites for hydroxylation is 2.